The first-order valence-electron chi connectivity index (χ1n) is 7.45. The second-order valence-corrected chi connectivity index (χ2v) is 5.88. The van der Waals surface area contributed by atoms with Gasteiger partial charge >= 0.3 is 0 Å². The van der Waals surface area contributed by atoms with E-state index in [9.17, 15) is 19.1 Å². The molecule has 2 rings (SSSR count). The standard InChI is InChI=1S/C16H21FN2O3/c17-13-5-3-11(4-6-13)9-12(14(18)20)10-19-15(21)16(22)7-1-2-8-16/h3-6,12,22H,1-2,7-10H2,(H2,18,20)(H,19,21). The van der Waals surface area contributed by atoms with Gasteiger partial charge in [0.05, 0.1) is 5.92 Å². The van der Waals surface area contributed by atoms with Crippen LogP contribution in [0.2, 0.25) is 0 Å². The highest BCUT2D eigenvalue weighted by Crippen LogP contribution is 2.29. The molecule has 4 N–H and O–H groups in total. The van der Waals surface area contributed by atoms with Crippen LogP contribution >= 0.6 is 0 Å². The molecule has 1 unspecified atom stereocenters. The monoisotopic (exact) mass is 308 g/mol. The SMILES string of the molecule is NC(=O)C(CNC(=O)C1(O)CCCC1)Cc1ccc(F)cc1. The lowest BCUT2D eigenvalue weighted by Gasteiger charge is -2.22. The van der Waals surface area contributed by atoms with Crippen molar-refractivity contribution in [2.24, 2.45) is 11.7 Å². The number of benzene rings is 1. The third-order valence-corrected chi connectivity index (χ3v) is 4.16. The van der Waals surface area contributed by atoms with Crippen LogP contribution < -0.4 is 11.1 Å². The molecule has 22 heavy (non-hydrogen) atoms. The Bertz CT molecular complexity index is 539. The molecule has 0 aromatic heterocycles. The van der Waals surface area contributed by atoms with Gasteiger partial charge in [0.1, 0.15) is 11.4 Å². The zero-order valence-electron chi connectivity index (χ0n) is 12.3. The van der Waals surface area contributed by atoms with E-state index in [1.807, 2.05) is 0 Å². The second kappa shape index (κ2) is 6.87. The summed E-state index contributed by atoms with van der Waals surface area (Å²) in [6.45, 7) is 0.0633. The molecule has 0 aliphatic heterocycles. The lowest BCUT2D eigenvalue weighted by atomic mass is 9.97. The van der Waals surface area contributed by atoms with Gasteiger partial charge in [0.2, 0.25) is 5.91 Å². The summed E-state index contributed by atoms with van der Waals surface area (Å²) in [5, 5.41) is 12.8. The first kappa shape index (κ1) is 16.4. The number of carbonyl (C=O) groups excluding carboxylic acids is 2. The molecule has 1 aliphatic carbocycles. The molecule has 6 heteroatoms. The largest absolute Gasteiger partial charge is 0.380 e. The van der Waals surface area contributed by atoms with Crippen LogP contribution in [0.25, 0.3) is 0 Å². The lowest BCUT2D eigenvalue weighted by molar-refractivity contribution is -0.139. The highest BCUT2D eigenvalue weighted by atomic mass is 19.1. The number of rotatable bonds is 6. The number of nitrogens with two attached hydrogens (primary N) is 1. The average molecular weight is 308 g/mol. The molecule has 1 aromatic carbocycles. The van der Waals surface area contributed by atoms with Gasteiger partial charge in [-0.2, -0.15) is 0 Å². The highest BCUT2D eigenvalue weighted by Gasteiger charge is 2.38. The first-order valence-corrected chi connectivity index (χ1v) is 7.45. The molecule has 1 aromatic rings. The van der Waals surface area contributed by atoms with E-state index in [-0.39, 0.29) is 12.4 Å². The van der Waals surface area contributed by atoms with E-state index in [4.69, 9.17) is 5.73 Å². The molecule has 0 saturated heterocycles. The topological polar surface area (TPSA) is 92.4 Å². The Morgan fingerprint density at radius 3 is 2.41 bits per heavy atom. The molecule has 1 saturated carbocycles. The molecular weight excluding hydrogens is 287 g/mol. The number of amides is 2. The van der Waals surface area contributed by atoms with Gasteiger partial charge in [-0.15, -0.1) is 0 Å². The van der Waals surface area contributed by atoms with Crippen molar-refractivity contribution in [1.82, 2.24) is 5.32 Å². The van der Waals surface area contributed by atoms with E-state index in [1.54, 1.807) is 12.1 Å². The fourth-order valence-electron chi connectivity index (χ4n) is 2.75. The van der Waals surface area contributed by atoms with Gasteiger partial charge in [-0.1, -0.05) is 12.1 Å². The summed E-state index contributed by atoms with van der Waals surface area (Å²) < 4.78 is 12.9. The summed E-state index contributed by atoms with van der Waals surface area (Å²) in [5.41, 5.74) is 4.80. The van der Waals surface area contributed by atoms with Crippen LogP contribution in [0.4, 0.5) is 4.39 Å². The third-order valence-electron chi connectivity index (χ3n) is 4.16. The number of aliphatic hydroxyl groups is 1. The number of primary amides is 1. The van der Waals surface area contributed by atoms with Crippen LogP contribution in [0.15, 0.2) is 24.3 Å². The number of hydrogen-bond acceptors (Lipinski definition) is 3. The van der Waals surface area contributed by atoms with Gasteiger partial charge in [-0.25, -0.2) is 4.39 Å². The number of halogens is 1. The predicted octanol–water partition coefficient (Wildman–Crippen LogP) is 0.891. The summed E-state index contributed by atoms with van der Waals surface area (Å²) in [4.78, 5) is 23.5. The zero-order chi connectivity index (χ0) is 16.2. The minimum atomic E-state index is -1.32. The van der Waals surface area contributed by atoms with Gasteiger partial charge in [-0.3, -0.25) is 9.59 Å². The molecule has 0 spiro atoms. The fraction of sp³-hybridized carbons (Fsp3) is 0.500. The number of nitrogens with one attached hydrogen (secondary N) is 1. The van der Waals surface area contributed by atoms with Gasteiger partial charge in [0.25, 0.3) is 5.91 Å². The Kier molecular flexibility index (Phi) is 5.13. The van der Waals surface area contributed by atoms with E-state index in [1.165, 1.54) is 12.1 Å². The van der Waals surface area contributed by atoms with Gasteiger partial charge in [0, 0.05) is 6.54 Å². The Balaban J connectivity index is 1.93. The molecule has 1 atom stereocenters. The molecular formula is C16H21FN2O3. The van der Waals surface area contributed by atoms with E-state index in [0.29, 0.717) is 19.3 Å². The summed E-state index contributed by atoms with van der Waals surface area (Å²) in [6.07, 6.45) is 2.84. The summed E-state index contributed by atoms with van der Waals surface area (Å²) in [7, 11) is 0. The van der Waals surface area contributed by atoms with Crippen LogP contribution in [-0.2, 0) is 16.0 Å². The van der Waals surface area contributed by atoms with Crippen molar-refractivity contribution in [3.05, 3.63) is 35.6 Å². The Hall–Kier alpha value is -1.95. The molecule has 0 heterocycles. The maximum atomic E-state index is 12.9. The quantitative estimate of drug-likeness (QED) is 0.729. The van der Waals surface area contributed by atoms with E-state index >= 15 is 0 Å². The lowest BCUT2D eigenvalue weighted by Crippen LogP contribution is -2.47. The molecule has 1 aliphatic rings. The van der Waals surface area contributed by atoms with E-state index in [2.05, 4.69) is 5.32 Å². The number of hydrogen-bond donors (Lipinski definition) is 3. The van der Waals surface area contributed by atoms with Crippen LogP contribution in [-0.4, -0.2) is 29.1 Å². The predicted molar refractivity (Wildman–Crippen MR) is 79.2 cm³/mol. The van der Waals surface area contributed by atoms with E-state index in [0.717, 1.165) is 18.4 Å². The Morgan fingerprint density at radius 2 is 1.86 bits per heavy atom. The molecule has 0 bridgehead atoms. The van der Waals surface area contributed by atoms with Crippen LogP contribution in [0, 0.1) is 11.7 Å². The molecule has 120 valence electrons. The van der Waals surface area contributed by atoms with Crippen LogP contribution in [0.3, 0.4) is 0 Å². The summed E-state index contributed by atoms with van der Waals surface area (Å²) in [5.74, 6) is -1.94. The first-order chi connectivity index (χ1) is 10.4. The second-order valence-electron chi connectivity index (χ2n) is 5.88. The molecule has 1 fully saturated rings. The van der Waals surface area contributed by atoms with Crippen molar-refractivity contribution in [2.75, 3.05) is 6.54 Å². The molecule has 0 radical (unpaired) electrons. The summed E-state index contributed by atoms with van der Waals surface area (Å²) in [6, 6.07) is 5.79. The third kappa shape index (κ3) is 4.04. The van der Waals surface area contributed by atoms with Crippen LogP contribution in [0.1, 0.15) is 31.2 Å². The Morgan fingerprint density at radius 1 is 1.27 bits per heavy atom. The van der Waals surface area contributed by atoms with Crippen molar-refractivity contribution < 1.29 is 19.1 Å². The van der Waals surface area contributed by atoms with E-state index < -0.39 is 23.3 Å². The maximum Gasteiger partial charge on any atom is 0.251 e. The zero-order valence-corrected chi connectivity index (χ0v) is 12.3. The van der Waals surface area contributed by atoms with Crippen molar-refractivity contribution in [3.63, 3.8) is 0 Å². The van der Waals surface area contributed by atoms with Crippen molar-refractivity contribution in [3.8, 4) is 0 Å². The molecule has 2 amide bonds. The van der Waals surface area contributed by atoms with Crippen LogP contribution in [0.5, 0.6) is 0 Å². The van der Waals surface area contributed by atoms with Crippen molar-refractivity contribution >= 4 is 11.8 Å². The Labute approximate surface area is 128 Å². The minimum Gasteiger partial charge on any atom is -0.380 e. The van der Waals surface area contributed by atoms with Gasteiger partial charge in [-0.05, 0) is 49.8 Å². The summed E-state index contributed by atoms with van der Waals surface area (Å²) >= 11 is 0. The maximum absolute atomic E-state index is 12.9. The molecule has 5 nitrogen and oxygen atoms in total. The normalized spacial score (nSPS) is 17.9. The average Bonchev–Trinajstić information content (AvgIpc) is 2.93. The van der Waals surface area contributed by atoms with Crippen molar-refractivity contribution in [1.29, 1.82) is 0 Å². The number of carbonyl (C=O) groups is 2. The smallest absolute Gasteiger partial charge is 0.251 e. The van der Waals surface area contributed by atoms with Gasteiger partial charge in [0.15, 0.2) is 0 Å². The van der Waals surface area contributed by atoms with Crippen molar-refractivity contribution in [2.45, 2.75) is 37.7 Å². The minimum absolute atomic E-state index is 0.0633. The fourth-order valence-corrected chi connectivity index (χ4v) is 2.75. The van der Waals surface area contributed by atoms with Gasteiger partial charge < -0.3 is 16.2 Å². The highest BCUT2D eigenvalue weighted by molar-refractivity contribution is 5.86.